The Morgan fingerprint density at radius 3 is 2.04 bits per heavy atom. The van der Waals surface area contributed by atoms with E-state index >= 15 is 0 Å². The first-order valence-corrected chi connectivity index (χ1v) is 7.61. The molecule has 3 heteroatoms. The fraction of sp³-hybridized carbons (Fsp3) is 0.100. The summed E-state index contributed by atoms with van der Waals surface area (Å²) < 4.78 is 0. The van der Waals surface area contributed by atoms with Gasteiger partial charge < -0.3 is 4.90 Å². The first-order chi connectivity index (χ1) is 11.3. The van der Waals surface area contributed by atoms with Crippen LogP contribution in [0.25, 0.3) is 0 Å². The highest BCUT2D eigenvalue weighted by Gasteiger charge is 2.16. The number of anilines is 1. The van der Waals surface area contributed by atoms with Gasteiger partial charge in [0.05, 0.1) is 13.0 Å². The first kappa shape index (κ1) is 15.0. The van der Waals surface area contributed by atoms with Crippen molar-refractivity contribution in [1.29, 1.82) is 0 Å². The summed E-state index contributed by atoms with van der Waals surface area (Å²) in [6.07, 6.45) is 3.80. The highest BCUT2D eigenvalue weighted by molar-refractivity contribution is 5.94. The molecule has 1 aromatic heterocycles. The van der Waals surface area contributed by atoms with Crippen molar-refractivity contribution < 1.29 is 4.79 Å². The maximum atomic E-state index is 12.8. The van der Waals surface area contributed by atoms with Crippen LogP contribution in [0.3, 0.4) is 0 Å². The molecule has 114 valence electrons. The quantitative estimate of drug-likeness (QED) is 0.717. The lowest BCUT2D eigenvalue weighted by Gasteiger charge is -2.23. The molecule has 23 heavy (non-hydrogen) atoms. The van der Waals surface area contributed by atoms with E-state index in [1.165, 1.54) is 0 Å². The lowest BCUT2D eigenvalue weighted by molar-refractivity contribution is -0.118. The Morgan fingerprint density at radius 1 is 0.783 bits per heavy atom. The van der Waals surface area contributed by atoms with Crippen molar-refractivity contribution in [2.45, 2.75) is 13.0 Å². The second-order valence-corrected chi connectivity index (χ2v) is 5.33. The number of rotatable bonds is 5. The highest BCUT2D eigenvalue weighted by Crippen LogP contribution is 2.18. The Hall–Kier alpha value is -2.94. The van der Waals surface area contributed by atoms with Gasteiger partial charge in [-0.05, 0) is 35.4 Å². The van der Waals surface area contributed by atoms with Gasteiger partial charge in [0.1, 0.15) is 0 Å². The van der Waals surface area contributed by atoms with Gasteiger partial charge in [-0.15, -0.1) is 0 Å². The van der Waals surface area contributed by atoms with Crippen LogP contribution in [0.4, 0.5) is 5.69 Å². The monoisotopic (exact) mass is 302 g/mol. The van der Waals surface area contributed by atoms with Crippen molar-refractivity contribution in [2.75, 3.05) is 4.90 Å². The van der Waals surface area contributed by atoms with E-state index in [0.717, 1.165) is 16.8 Å². The molecule has 0 saturated heterocycles. The fourth-order valence-corrected chi connectivity index (χ4v) is 2.47. The molecule has 0 saturated carbocycles. The van der Waals surface area contributed by atoms with E-state index in [1.807, 2.05) is 77.7 Å². The molecule has 1 heterocycles. The predicted molar refractivity (Wildman–Crippen MR) is 92.0 cm³/mol. The zero-order valence-electron chi connectivity index (χ0n) is 12.8. The Bertz CT molecular complexity index is 742. The van der Waals surface area contributed by atoms with Gasteiger partial charge in [-0.25, -0.2) is 0 Å². The number of pyridine rings is 1. The van der Waals surface area contributed by atoms with E-state index in [-0.39, 0.29) is 5.91 Å². The first-order valence-electron chi connectivity index (χ1n) is 7.61. The Labute approximate surface area is 136 Å². The lowest BCUT2D eigenvalue weighted by Crippen LogP contribution is -2.31. The van der Waals surface area contributed by atoms with Crippen molar-refractivity contribution in [1.82, 2.24) is 4.98 Å². The van der Waals surface area contributed by atoms with E-state index in [2.05, 4.69) is 4.98 Å². The van der Waals surface area contributed by atoms with Gasteiger partial charge in [0.25, 0.3) is 0 Å². The number of nitrogens with zero attached hydrogens (tertiary/aromatic N) is 2. The van der Waals surface area contributed by atoms with Crippen LogP contribution in [0.15, 0.2) is 85.2 Å². The molecule has 0 atom stereocenters. The summed E-state index contributed by atoms with van der Waals surface area (Å²) in [6, 6.07) is 23.6. The third-order valence-corrected chi connectivity index (χ3v) is 3.66. The molecule has 0 aliphatic rings. The second-order valence-electron chi connectivity index (χ2n) is 5.33. The molecular weight excluding hydrogens is 284 g/mol. The summed E-state index contributed by atoms with van der Waals surface area (Å²) >= 11 is 0. The Kier molecular flexibility index (Phi) is 4.79. The summed E-state index contributed by atoms with van der Waals surface area (Å²) in [5.41, 5.74) is 2.99. The summed E-state index contributed by atoms with van der Waals surface area (Å²) in [6.45, 7) is 0.564. The van der Waals surface area contributed by atoms with Crippen molar-refractivity contribution in [3.05, 3.63) is 96.3 Å². The SMILES string of the molecule is O=C(Cc1ccncc1)N(Cc1ccccc1)c1ccccc1. The van der Waals surface area contributed by atoms with Crippen LogP contribution in [0.5, 0.6) is 0 Å². The molecular formula is C20H18N2O. The highest BCUT2D eigenvalue weighted by atomic mass is 16.2. The van der Waals surface area contributed by atoms with Crippen LogP contribution in [0, 0.1) is 0 Å². The molecule has 0 radical (unpaired) electrons. The maximum absolute atomic E-state index is 12.8. The molecule has 0 aliphatic carbocycles. The van der Waals surface area contributed by atoms with Crippen molar-refractivity contribution in [2.24, 2.45) is 0 Å². The lowest BCUT2D eigenvalue weighted by atomic mass is 10.1. The van der Waals surface area contributed by atoms with Gasteiger partial charge in [-0.2, -0.15) is 0 Å². The van der Waals surface area contributed by atoms with Crippen LogP contribution in [0.2, 0.25) is 0 Å². The second kappa shape index (κ2) is 7.36. The van der Waals surface area contributed by atoms with E-state index < -0.39 is 0 Å². The molecule has 3 aromatic rings. The molecule has 0 aliphatic heterocycles. The zero-order valence-corrected chi connectivity index (χ0v) is 12.8. The normalized spacial score (nSPS) is 10.3. The largest absolute Gasteiger partial charge is 0.308 e. The smallest absolute Gasteiger partial charge is 0.231 e. The molecule has 3 nitrogen and oxygen atoms in total. The summed E-state index contributed by atoms with van der Waals surface area (Å²) in [5.74, 6) is 0.0752. The van der Waals surface area contributed by atoms with Crippen molar-refractivity contribution in [3.8, 4) is 0 Å². The Balaban J connectivity index is 1.84. The van der Waals surface area contributed by atoms with E-state index in [4.69, 9.17) is 0 Å². The number of hydrogen-bond donors (Lipinski definition) is 0. The van der Waals surface area contributed by atoms with Crippen LogP contribution < -0.4 is 4.90 Å². The molecule has 0 bridgehead atoms. The number of aromatic nitrogens is 1. The van der Waals surface area contributed by atoms with Crippen LogP contribution in [-0.2, 0) is 17.8 Å². The van der Waals surface area contributed by atoms with Gasteiger partial charge in [0.15, 0.2) is 0 Å². The average molecular weight is 302 g/mol. The minimum absolute atomic E-state index is 0.0752. The molecule has 2 aromatic carbocycles. The van der Waals surface area contributed by atoms with Crippen LogP contribution in [-0.4, -0.2) is 10.9 Å². The zero-order chi connectivity index (χ0) is 15.9. The third kappa shape index (κ3) is 4.04. The van der Waals surface area contributed by atoms with Crippen molar-refractivity contribution in [3.63, 3.8) is 0 Å². The molecule has 0 spiro atoms. The van der Waals surface area contributed by atoms with Crippen molar-refractivity contribution >= 4 is 11.6 Å². The summed E-state index contributed by atoms with van der Waals surface area (Å²) in [5, 5.41) is 0. The average Bonchev–Trinajstić information content (AvgIpc) is 2.62. The van der Waals surface area contributed by atoms with Crippen LogP contribution >= 0.6 is 0 Å². The number of carbonyl (C=O) groups excluding carboxylic acids is 1. The number of amides is 1. The maximum Gasteiger partial charge on any atom is 0.231 e. The molecule has 0 unspecified atom stereocenters. The van der Waals surface area contributed by atoms with Gasteiger partial charge >= 0.3 is 0 Å². The number of carbonyl (C=O) groups is 1. The fourth-order valence-electron chi connectivity index (χ4n) is 2.47. The van der Waals surface area contributed by atoms with E-state index in [1.54, 1.807) is 12.4 Å². The molecule has 0 fully saturated rings. The number of hydrogen-bond acceptors (Lipinski definition) is 2. The minimum atomic E-state index is 0.0752. The molecule has 0 N–H and O–H groups in total. The van der Waals surface area contributed by atoms with Crippen LogP contribution in [0.1, 0.15) is 11.1 Å². The number of benzene rings is 2. The predicted octanol–water partition coefficient (Wildman–Crippen LogP) is 3.86. The van der Waals surface area contributed by atoms with Gasteiger partial charge in [0, 0.05) is 18.1 Å². The number of para-hydroxylation sites is 1. The van der Waals surface area contributed by atoms with Gasteiger partial charge in [-0.3, -0.25) is 9.78 Å². The van der Waals surface area contributed by atoms with Gasteiger partial charge in [0.2, 0.25) is 5.91 Å². The van der Waals surface area contributed by atoms with E-state index in [9.17, 15) is 4.79 Å². The minimum Gasteiger partial charge on any atom is -0.308 e. The standard InChI is InChI=1S/C20H18N2O/c23-20(15-17-11-13-21-14-12-17)22(19-9-5-2-6-10-19)16-18-7-3-1-4-8-18/h1-14H,15-16H2. The molecule has 1 amide bonds. The molecule has 3 rings (SSSR count). The third-order valence-electron chi connectivity index (χ3n) is 3.66. The van der Waals surface area contributed by atoms with Gasteiger partial charge in [-0.1, -0.05) is 48.5 Å². The summed E-state index contributed by atoms with van der Waals surface area (Å²) in [7, 11) is 0. The topological polar surface area (TPSA) is 33.2 Å². The summed E-state index contributed by atoms with van der Waals surface area (Å²) in [4.78, 5) is 18.7. The van der Waals surface area contributed by atoms with E-state index in [0.29, 0.717) is 13.0 Å². The Morgan fingerprint density at radius 2 is 1.39 bits per heavy atom.